The Bertz CT molecular complexity index is 378. The normalized spacial score (nSPS) is 12.6. The molecular formula is C12H16F2O3. The molecule has 0 spiro atoms. The summed E-state index contributed by atoms with van der Waals surface area (Å²) in [5.74, 6) is 0.443. The van der Waals surface area contributed by atoms with Crippen LogP contribution in [0.1, 0.15) is 24.5 Å². The van der Waals surface area contributed by atoms with Crippen LogP contribution in [0, 0.1) is 0 Å². The van der Waals surface area contributed by atoms with Crippen molar-refractivity contribution in [2.24, 2.45) is 0 Å². The summed E-state index contributed by atoms with van der Waals surface area (Å²) in [7, 11) is 2.74. The van der Waals surface area contributed by atoms with Crippen molar-refractivity contribution in [3.05, 3.63) is 23.3 Å². The van der Waals surface area contributed by atoms with E-state index >= 15 is 0 Å². The maximum Gasteiger partial charge on any atom is 0.267 e. The predicted octanol–water partition coefficient (Wildman–Crippen LogP) is 2.56. The summed E-state index contributed by atoms with van der Waals surface area (Å²) < 4.78 is 35.4. The molecule has 1 rings (SSSR count). The zero-order valence-corrected chi connectivity index (χ0v) is 10.0. The summed E-state index contributed by atoms with van der Waals surface area (Å²) in [6, 6.07) is 2.73. The summed E-state index contributed by atoms with van der Waals surface area (Å²) in [5.41, 5.74) is 0.433. The maximum atomic E-state index is 12.7. The van der Waals surface area contributed by atoms with E-state index in [1.807, 2.05) is 0 Å². The van der Waals surface area contributed by atoms with E-state index in [4.69, 9.17) is 9.47 Å². The first-order chi connectivity index (χ1) is 7.99. The number of ether oxygens (including phenoxy) is 2. The van der Waals surface area contributed by atoms with E-state index in [0.717, 1.165) is 0 Å². The Labute approximate surface area is 99.0 Å². The second-order valence-corrected chi connectivity index (χ2v) is 3.76. The largest absolute Gasteiger partial charge is 0.496 e. The number of methoxy groups -OCH3 is 2. The van der Waals surface area contributed by atoms with Gasteiger partial charge in [0, 0.05) is 12.0 Å². The molecule has 0 bridgehead atoms. The highest BCUT2D eigenvalue weighted by molar-refractivity contribution is 5.47. The molecule has 1 unspecified atom stereocenters. The fourth-order valence-electron chi connectivity index (χ4n) is 1.63. The van der Waals surface area contributed by atoms with Gasteiger partial charge in [-0.1, -0.05) is 0 Å². The quantitative estimate of drug-likeness (QED) is 0.867. The number of rotatable bonds is 5. The molecule has 17 heavy (non-hydrogen) atoms. The average Bonchev–Trinajstić information content (AvgIpc) is 2.27. The van der Waals surface area contributed by atoms with Crippen LogP contribution in [0.4, 0.5) is 8.78 Å². The second kappa shape index (κ2) is 5.82. The summed E-state index contributed by atoms with van der Waals surface area (Å²) in [4.78, 5) is 0. The third-order valence-corrected chi connectivity index (χ3v) is 2.38. The molecule has 0 fully saturated rings. The van der Waals surface area contributed by atoms with Crippen molar-refractivity contribution in [2.45, 2.75) is 25.9 Å². The van der Waals surface area contributed by atoms with Crippen molar-refractivity contribution in [1.82, 2.24) is 0 Å². The van der Waals surface area contributed by atoms with Gasteiger partial charge in [-0.3, -0.25) is 0 Å². The third-order valence-electron chi connectivity index (χ3n) is 2.38. The van der Waals surface area contributed by atoms with E-state index in [-0.39, 0.29) is 11.3 Å². The maximum absolute atomic E-state index is 12.7. The van der Waals surface area contributed by atoms with Crippen LogP contribution >= 0.6 is 0 Å². The van der Waals surface area contributed by atoms with Crippen LogP contribution in [0.5, 0.6) is 11.5 Å². The summed E-state index contributed by atoms with van der Waals surface area (Å²) in [5, 5.41) is 9.32. The predicted molar refractivity (Wildman–Crippen MR) is 59.9 cm³/mol. The minimum Gasteiger partial charge on any atom is -0.496 e. The van der Waals surface area contributed by atoms with Crippen LogP contribution in [0.2, 0.25) is 0 Å². The highest BCUT2D eigenvalue weighted by Gasteiger charge is 2.18. The summed E-state index contributed by atoms with van der Waals surface area (Å²) in [6.45, 7) is 1.62. The lowest BCUT2D eigenvalue weighted by molar-refractivity contribution is 0.146. The van der Waals surface area contributed by atoms with Gasteiger partial charge in [-0.2, -0.15) is 0 Å². The minimum absolute atomic E-state index is 0.108. The first-order valence-corrected chi connectivity index (χ1v) is 5.20. The minimum atomic E-state index is -2.63. The zero-order chi connectivity index (χ0) is 13.0. The molecule has 0 heterocycles. The second-order valence-electron chi connectivity index (χ2n) is 3.76. The van der Waals surface area contributed by atoms with Crippen molar-refractivity contribution in [1.29, 1.82) is 0 Å². The fourth-order valence-corrected chi connectivity index (χ4v) is 1.63. The van der Waals surface area contributed by atoms with E-state index in [2.05, 4.69) is 0 Å². The van der Waals surface area contributed by atoms with Gasteiger partial charge in [-0.25, -0.2) is 8.78 Å². The summed E-state index contributed by atoms with van der Waals surface area (Å²) >= 11 is 0. The molecule has 0 saturated carbocycles. The lowest BCUT2D eigenvalue weighted by Gasteiger charge is -2.15. The van der Waals surface area contributed by atoms with E-state index in [1.165, 1.54) is 26.4 Å². The number of hydrogen-bond acceptors (Lipinski definition) is 3. The molecule has 5 heteroatoms. The van der Waals surface area contributed by atoms with Crippen LogP contribution in [-0.4, -0.2) is 25.4 Å². The average molecular weight is 246 g/mol. The van der Waals surface area contributed by atoms with E-state index in [9.17, 15) is 13.9 Å². The zero-order valence-electron chi connectivity index (χ0n) is 10.0. The molecule has 96 valence electrons. The fraction of sp³-hybridized carbons (Fsp3) is 0.500. The number of hydrogen-bond donors (Lipinski definition) is 1. The lowest BCUT2D eigenvalue weighted by Crippen LogP contribution is -2.07. The van der Waals surface area contributed by atoms with Gasteiger partial charge >= 0.3 is 0 Å². The topological polar surface area (TPSA) is 38.7 Å². The molecule has 1 aromatic carbocycles. The Morgan fingerprint density at radius 3 is 2.18 bits per heavy atom. The van der Waals surface area contributed by atoms with Gasteiger partial charge in [0.05, 0.1) is 25.9 Å². The van der Waals surface area contributed by atoms with Crippen molar-refractivity contribution in [3.8, 4) is 11.5 Å². The van der Waals surface area contributed by atoms with Crippen molar-refractivity contribution in [3.63, 3.8) is 0 Å². The Kier molecular flexibility index (Phi) is 4.69. The molecule has 0 aliphatic heterocycles. The van der Waals surface area contributed by atoms with Crippen LogP contribution in [-0.2, 0) is 6.42 Å². The van der Waals surface area contributed by atoms with E-state index in [1.54, 1.807) is 6.92 Å². The summed E-state index contributed by atoms with van der Waals surface area (Å²) in [6.07, 6.45) is -2.88. The van der Waals surface area contributed by atoms with Gasteiger partial charge in [0.2, 0.25) is 0 Å². The molecule has 0 aliphatic rings. The molecule has 0 aliphatic carbocycles. The molecule has 0 amide bonds. The highest BCUT2D eigenvalue weighted by Crippen LogP contribution is 2.35. The monoisotopic (exact) mass is 246 g/mol. The molecule has 0 aromatic heterocycles. The highest BCUT2D eigenvalue weighted by atomic mass is 19.3. The van der Waals surface area contributed by atoms with Gasteiger partial charge < -0.3 is 14.6 Å². The number of benzene rings is 1. The molecule has 1 N–H and O–H groups in total. The van der Waals surface area contributed by atoms with Gasteiger partial charge in [-0.05, 0) is 19.1 Å². The Morgan fingerprint density at radius 1 is 1.18 bits per heavy atom. The molecule has 1 atom stereocenters. The number of alkyl halides is 2. The van der Waals surface area contributed by atoms with Crippen molar-refractivity contribution in [2.75, 3.05) is 14.2 Å². The number of aliphatic hydroxyl groups excluding tert-OH is 1. The molecule has 1 aromatic rings. The number of aliphatic hydroxyl groups is 1. The van der Waals surface area contributed by atoms with E-state index in [0.29, 0.717) is 17.7 Å². The van der Waals surface area contributed by atoms with Crippen molar-refractivity contribution < 1.29 is 23.4 Å². The first-order valence-electron chi connectivity index (χ1n) is 5.20. The molecule has 3 nitrogen and oxygen atoms in total. The lowest BCUT2D eigenvalue weighted by atomic mass is 10.0. The van der Waals surface area contributed by atoms with Crippen LogP contribution in [0.15, 0.2) is 12.1 Å². The molecule has 0 radical (unpaired) electrons. The Hall–Kier alpha value is -1.36. The molecule has 0 saturated heterocycles. The van der Waals surface area contributed by atoms with Gasteiger partial charge in [-0.15, -0.1) is 0 Å². The molecular weight excluding hydrogens is 230 g/mol. The van der Waals surface area contributed by atoms with Crippen LogP contribution in [0.25, 0.3) is 0 Å². The first kappa shape index (κ1) is 13.7. The van der Waals surface area contributed by atoms with Gasteiger partial charge in [0.15, 0.2) is 0 Å². The van der Waals surface area contributed by atoms with Crippen LogP contribution in [0.3, 0.4) is 0 Å². The Balaban J connectivity index is 3.22. The smallest absolute Gasteiger partial charge is 0.267 e. The SMILES string of the molecule is COc1cc(C(F)F)c(OC)cc1CC(C)O. The number of halogens is 2. The van der Waals surface area contributed by atoms with Crippen molar-refractivity contribution >= 4 is 0 Å². The third kappa shape index (κ3) is 3.30. The van der Waals surface area contributed by atoms with Gasteiger partial charge in [0.25, 0.3) is 6.43 Å². The van der Waals surface area contributed by atoms with Crippen LogP contribution < -0.4 is 9.47 Å². The standard InChI is InChI=1S/C12H16F2O3/c1-7(15)4-8-5-11(17-3)9(12(13)14)6-10(8)16-2/h5-7,12,15H,4H2,1-3H3. The van der Waals surface area contributed by atoms with E-state index < -0.39 is 12.5 Å². The Morgan fingerprint density at radius 2 is 1.76 bits per heavy atom. The van der Waals surface area contributed by atoms with Gasteiger partial charge in [0.1, 0.15) is 11.5 Å².